The number of likely N-dealkylation sites (tertiary alicyclic amines) is 2. The lowest BCUT2D eigenvalue weighted by Crippen LogP contribution is -2.37. The molecule has 2 aromatic rings. The summed E-state index contributed by atoms with van der Waals surface area (Å²) in [6.07, 6.45) is 2.24. The van der Waals surface area contributed by atoms with E-state index in [1.165, 1.54) is 0 Å². The Morgan fingerprint density at radius 2 is 2.15 bits per heavy atom. The van der Waals surface area contributed by atoms with E-state index in [2.05, 4.69) is 18.8 Å². The molecule has 4 rings (SSSR count). The molecule has 0 aliphatic carbocycles. The maximum atomic E-state index is 13.1. The standard InChI is InChI=1S/C20H26N4O2/c1-13(2)11-23-12-14(10-18(23)25)20(26)24-9-5-8-17(24)19-21-15-6-3-4-7-16(15)22-19/h3-4,6-7,13-14,17H,5,8-12H2,1-2H3,(H,21,22)/t14-,17+/m1/s1. The Morgan fingerprint density at radius 1 is 1.35 bits per heavy atom. The zero-order chi connectivity index (χ0) is 18.3. The summed E-state index contributed by atoms with van der Waals surface area (Å²) in [7, 11) is 0. The van der Waals surface area contributed by atoms with Crippen LogP contribution in [0.4, 0.5) is 0 Å². The largest absolute Gasteiger partial charge is 0.342 e. The number of carbonyl (C=O) groups is 2. The maximum Gasteiger partial charge on any atom is 0.228 e. The average molecular weight is 354 g/mol. The zero-order valence-corrected chi connectivity index (χ0v) is 15.4. The highest BCUT2D eigenvalue weighted by atomic mass is 16.2. The molecule has 26 heavy (non-hydrogen) atoms. The van der Waals surface area contributed by atoms with E-state index in [1.807, 2.05) is 34.1 Å². The first-order chi connectivity index (χ1) is 12.5. The molecule has 2 aliphatic heterocycles. The molecule has 1 aromatic heterocycles. The van der Waals surface area contributed by atoms with Crippen molar-refractivity contribution in [2.24, 2.45) is 11.8 Å². The minimum absolute atomic E-state index is 0.0100. The Balaban J connectivity index is 1.51. The third kappa shape index (κ3) is 3.08. The SMILES string of the molecule is CC(C)CN1C[C@H](C(=O)N2CCC[C@H]2c2nc3ccccc3[nH]2)CC1=O. The lowest BCUT2D eigenvalue weighted by Gasteiger charge is -2.26. The van der Waals surface area contributed by atoms with Gasteiger partial charge in [0.25, 0.3) is 0 Å². The number of rotatable bonds is 4. The molecular weight excluding hydrogens is 328 g/mol. The highest BCUT2D eigenvalue weighted by Gasteiger charge is 2.40. The Hall–Kier alpha value is -2.37. The lowest BCUT2D eigenvalue weighted by molar-refractivity contribution is -0.136. The van der Waals surface area contributed by atoms with E-state index in [0.29, 0.717) is 18.9 Å². The fraction of sp³-hybridized carbons (Fsp3) is 0.550. The second kappa shape index (κ2) is 6.74. The second-order valence-electron chi connectivity index (χ2n) is 7.92. The lowest BCUT2D eigenvalue weighted by atomic mass is 10.1. The zero-order valence-electron chi connectivity index (χ0n) is 15.4. The molecular formula is C20H26N4O2. The van der Waals surface area contributed by atoms with Crippen molar-refractivity contribution >= 4 is 22.8 Å². The summed E-state index contributed by atoms with van der Waals surface area (Å²) < 4.78 is 0. The molecule has 138 valence electrons. The number of nitrogens with one attached hydrogen (secondary N) is 1. The van der Waals surface area contributed by atoms with Gasteiger partial charge >= 0.3 is 0 Å². The number of aromatic amines is 1. The van der Waals surface area contributed by atoms with Gasteiger partial charge in [-0.05, 0) is 30.9 Å². The van der Waals surface area contributed by atoms with Crippen LogP contribution in [0.25, 0.3) is 11.0 Å². The summed E-state index contributed by atoms with van der Waals surface area (Å²) in [5.41, 5.74) is 1.93. The molecule has 1 N–H and O–H groups in total. The van der Waals surface area contributed by atoms with Crippen LogP contribution in [0.5, 0.6) is 0 Å². The summed E-state index contributed by atoms with van der Waals surface area (Å²) in [6.45, 7) is 6.23. The predicted molar refractivity (Wildman–Crippen MR) is 99.3 cm³/mol. The van der Waals surface area contributed by atoms with Crippen molar-refractivity contribution in [2.75, 3.05) is 19.6 Å². The molecule has 2 fully saturated rings. The molecule has 0 unspecified atom stereocenters. The Morgan fingerprint density at radius 3 is 2.92 bits per heavy atom. The van der Waals surface area contributed by atoms with Gasteiger partial charge in [-0.1, -0.05) is 26.0 Å². The molecule has 2 amide bonds. The molecule has 2 atom stereocenters. The number of hydrogen-bond donors (Lipinski definition) is 1. The van der Waals surface area contributed by atoms with Gasteiger partial charge in [0.2, 0.25) is 11.8 Å². The van der Waals surface area contributed by atoms with Crippen LogP contribution in [-0.2, 0) is 9.59 Å². The molecule has 6 nitrogen and oxygen atoms in total. The van der Waals surface area contributed by atoms with Gasteiger partial charge in [-0.25, -0.2) is 4.98 Å². The first kappa shape index (κ1) is 17.1. The molecule has 6 heteroatoms. The first-order valence-electron chi connectivity index (χ1n) is 9.56. The van der Waals surface area contributed by atoms with Crippen LogP contribution in [-0.4, -0.2) is 51.2 Å². The highest BCUT2D eigenvalue weighted by Crippen LogP contribution is 2.34. The van der Waals surface area contributed by atoms with E-state index < -0.39 is 0 Å². The quantitative estimate of drug-likeness (QED) is 0.918. The van der Waals surface area contributed by atoms with Crippen molar-refractivity contribution in [3.05, 3.63) is 30.1 Å². The summed E-state index contributed by atoms with van der Waals surface area (Å²) in [5.74, 6) is 1.28. The second-order valence-corrected chi connectivity index (χ2v) is 7.92. The molecule has 1 aromatic carbocycles. The molecule has 0 spiro atoms. The number of fused-ring (bicyclic) bond motifs is 1. The first-order valence-corrected chi connectivity index (χ1v) is 9.56. The predicted octanol–water partition coefficient (Wildman–Crippen LogP) is 2.73. The molecule has 2 saturated heterocycles. The van der Waals surface area contributed by atoms with Crippen LogP contribution in [0.3, 0.4) is 0 Å². The summed E-state index contributed by atoms with van der Waals surface area (Å²) in [4.78, 5) is 37.2. The van der Waals surface area contributed by atoms with Crippen LogP contribution in [0.15, 0.2) is 24.3 Å². The fourth-order valence-electron chi connectivity index (χ4n) is 4.23. The third-order valence-corrected chi connectivity index (χ3v) is 5.41. The Kier molecular flexibility index (Phi) is 4.42. The number of carbonyl (C=O) groups excluding carboxylic acids is 2. The molecule has 0 radical (unpaired) electrons. The van der Waals surface area contributed by atoms with Crippen molar-refractivity contribution in [1.29, 1.82) is 0 Å². The molecule has 0 bridgehead atoms. The smallest absolute Gasteiger partial charge is 0.228 e. The number of aromatic nitrogens is 2. The fourth-order valence-corrected chi connectivity index (χ4v) is 4.23. The monoisotopic (exact) mass is 354 g/mol. The van der Waals surface area contributed by atoms with Gasteiger partial charge in [-0.3, -0.25) is 9.59 Å². The Labute approximate surface area is 153 Å². The van der Waals surface area contributed by atoms with E-state index in [4.69, 9.17) is 4.98 Å². The van der Waals surface area contributed by atoms with Crippen LogP contribution in [0.1, 0.15) is 45.0 Å². The van der Waals surface area contributed by atoms with E-state index in [1.54, 1.807) is 0 Å². The molecule has 3 heterocycles. The van der Waals surface area contributed by atoms with Crippen molar-refractivity contribution < 1.29 is 9.59 Å². The topological polar surface area (TPSA) is 69.3 Å². The highest BCUT2D eigenvalue weighted by molar-refractivity contribution is 5.89. The Bertz CT molecular complexity index is 795. The van der Waals surface area contributed by atoms with Crippen LogP contribution in [0, 0.1) is 11.8 Å². The maximum absolute atomic E-state index is 13.1. The van der Waals surface area contributed by atoms with Crippen molar-refractivity contribution in [3.8, 4) is 0 Å². The number of hydrogen-bond acceptors (Lipinski definition) is 3. The van der Waals surface area contributed by atoms with E-state index in [-0.39, 0.29) is 23.8 Å². The van der Waals surface area contributed by atoms with Crippen LogP contribution < -0.4 is 0 Å². The van der Waals surface area contributed by atoms with Gasteiger partial charge in [0.1, 0.15) is 5.82 Å². The van der Waals surface area contributed by atoms with Gasteiger partial charge in [-0.15, -0.1) is 0 Å². The number of para-hydroxylation sites is 2. The van der Waals surface area contributed by atoms with Crippen molar-refractivity contribution in [3.63, 3.8) is 0 Å². The van der Waals surface area contributed by atoms with Gasteiger partial charge in [0.15, 0.2) is 0 Å². The minimum Gasteiger partial charge on any atom is -0.342 e. The average Bonchev–Trinajstić information content (AvgIpc) is 3.31. The van der Waals surface area contributed by atoms with Crippen LogP contribution in [0.2, 0.25) is 0 Å². The summed E-state index contributed by atoms with van der Waals surface area (Å²) >= 11 is 0. The number of imidazole rings is 1. The summed E-state index contributed by atoms with van der Waals surface area (Å²) in [5, 5.41) is 0. The van der Waals surface area contributed by atoms with Crippen LogP contribution >= 0.6 is 0 Å². The van der Waals surface area contributed by atoms with E-state index in [0.717, 1.165) is 42.8 Å². The van der Waals surface area contributed by atoms with Gasteiger partial charge in [-0.2, -0.15) is 0 Å². The van der Waals surface area contributed by atoms with Gasteiger partial charge in [0.05, 0.1) is 23.0 Å². The number of benzene rings is 1. The normalized spacial score (nSPS) is 23.6. The molecule has 2 aliphatic rings. The number of nitrogens with zero attached hydrogens (tertiary/aromatic N) is 3. The summed E-state index contributed by atoms with van der Waals surface area (Å²) in [6, 6.07) is 7.93. The number of H-pyrrole nitrogens is 1. The number of amides is 2. The molecule has 0 saturated carbocycles. The van der Waals surface area contributed by atoms with E-state index >= 15 is 0 Å². The minimum atomic E-state index is -0.216. The van der Waals surface area contributed by atoms with Crippen molar-refractivity contribution in [2.45, 2.75) is 39.2 Å². The third-order valence-electron chi connectivity index (χ3n) is 5.41. The van der Waals surface area contributed by atoms with Gasteiger partial charge in [0, 0.05) is 26.1 Å². The van der Waals surface area contributed by atoms with Crippen molar-refractivity contribution in [1.82, 2.24) is 19.8 Å². The van der Waals surface area contributed by atoms with E-state index in [9.17, 15) is 9.59 Å². The van der Waals surface area contributed by atoms with Gasteiger partial charge < -0.3 is 14.8 Å².